The Bertz CT molecular complexity index is 175. The van der Waals surface area contributed by atoms with Gasteiger partial charge in [-0.15, -0.1) is 0 Å². The smallest absolute Gasteiger partial charge is 0.255 e. The Balaban J connectivity index is 3.99. The summed E-state index contributed by atoms with van der Waals surface area (Å²) >= 11 is 0. The van der Waals surface area contributed by atoms with Gasteiger partial charge in [-0.2, -0.15) is 0 Å². The Kier molecular flexibility index (Phi) is 5.01. The van der Waals surface area contributed by atoms with Gasteiger partial charge in [-0.3, -0.25) is 19.3 Å². The van der Waals surface area contributed by atoms with Crippen molar-refractivity contribution in [3.63, 3.8) is 0 Å². The second-order valence-electron chi connectivity index (χ2n) is 2.32. The Morgan fingerprint density at radius 3 is 1.54 bits per heavy atom. The Labute approximate surface area is 76.9 Å². The first kappa shape index (κ1) is 11.9. The Hall–Kier alpha value is -1.14. The zero-order chi connectivity index (χ0) is 10.4. The SMILES string of the molecule is CON(C)C(=O)CC(=O)N(C)OC. The Morgan fingerprint density at radius 1 is 1.00 bits per heavy atom. The molecule has 13 heavy (non-hydrogen) atoms. The summed E-state index contributed by atoms with van der Waals surface area (Å²) in [6.45, 7) is 0. The fraction of sp³-hybridized carbons (Fsp3) is 0.714. The number of hydrogen-bond donors (Lipinski definition) is 0. The van der Waals surface area contributed by atoms with Gasteiger partial charge in [0.05, 0.1) is 14.2 Å². The largest absolute Gasteiger partial charge is 0.275 e. The average Bonchev–Trinajstić information content (AvgIpc) is 2.14. The van der Waals surface area contributed by atoms with E-state index >= 15 is 0 Å². The normalized spacial score (nSPS) is 9.54. The first-order valence-electron chi connectivity index (χ1n) is 3.64. The summed E-state index contributed by atoms with van der Waals surface area (Å²) in [5.41, 5.74) is 0. The summed E-state index contributed by atoms with van der Waals surface area (Å²) in [4.78, 5) is 31.4. The maximum Gasteiger partial charge on any atom is 0.255 e. The molecule has 6 heteroatoms. The van der Waals surface area contributed by atoms with E-state index in [1.807, 2.05) is 0 Å². The molecule has 0 bridgehead atoms. The molecular formula is C7H14N2O4. The van der Waals surface area contributed by atoms with Gasteiger partial charge >= 0.3 is 0 Å². The summed E-state index contributed by atoms with van der Waals surface area (Å²) in [6.07, 6.45) is -0.269. The highest BCUT2D eigenvalue weighted by Crippen LogP contribution is 1.95. The third kappa shape index (κ3) is 3.86. The second kappa shape index (κ2) is 5.50. The van der Waals surface area contributed by atoms with Crippen molar-refractivity contribution in [1.82, 2.24) is 10.1 Å². The summed E-state index contributed by atoms with van der Waals surface area (Å²) in [5, 5.41) is 1.97. The molecular weight excluding hydrogens is 176 g/mol. The van der Waals surface area contributed by atoms with Crippen LogP contribution in [0.3, 0.4) is 0 Å². The molecule has 0 aliphatic rings. The molecule has 0 aliphatic heterocycles. The minimum Gasteiger partial charge on any atom is -0.275 e. The molecule has 76 valence electrons. The van der Waals surface area contributed by atoms with Crippen LogP contribution in [-0.4, -0.2) is 50.3 Å². The third-order valence-corrected chi connectivity index (χ3v) is 1.55. The maximum absolute atomic E-state index is 11.1. The van der Waals surface area contributed by atoms with Crippen molar-refractivity contribution < 1.29 is 19.3 Å². The highest BCUT2D eigenvalue weighted by atomic mass is 16.7. The molecule has 0 spiro atoms. The quantitative estimate of drug-likeness (QED) is 0.439. The lowest BCUT2D eigenvalue weighted by molar-refractivity contribution is -0.180. The fourth-order valence-electron chi connectivity index (χ4n) is 0.556. The van der Waals surface area contributed by atoms with Crippen LogP contribution in [0.1, 0.15) is 6.42 Å². The summed E-state index contributed by atoms with van der Waals surface area (Å²) in [7, 11) is 5.57. The number of hydroxylamine groups is 4. The van der Waals surface area contributed by atoms with Crippen molar-refractivity contribution in [2.45, 2.75) is 6.42 Å². The van der Waals surface area contributed by atoms with Crippen LogP contribution in [0.25, 0.3) is 0 Å². The van der Waals surface area contributed by atoms with Crippen molar-refractivity contribution in [1.29, 1.82) is 0 Å². The van der Waals surface area contributed by atoms with E-state index in [1.54, 1.807) is 0 Å². The maximum atomic E-state index is 11.1. The minimum atomic E-state index is -0.420. The number of nitrogens with zero attached hydrogens (tertiary/aromatic N) is 2. The molecule has 0 heterocycles. The van der Waals surface area contributed by atoms with Crippen LogP contribution >= 0.6 is 0 Å². The monoisotopic (exact) mass is 190 g/mol. The standard InChI is InChI=1S/C7H14N2O4/c1-8(12-3)6(10)5-7(11)9(2)13-4/h5H2,1-4H3. The summed E-state index contributed by atoms with van der Waals surface area (Å²) in [5.74, 6) is -0.840. The molecule has 0 radical (unpaired) electrons. The van der Waals surface area contributed by atoms with E-state index in [2.05, 4.69) is 9.68 Å². The number of rotatable bonds is 4. The van der Waals surface area contributed by atoms with Gasteiger partial charge in [-0.05, 0) is 0 Å². The topological polar surface area (TPSA) is 59.1 Å². The lowest BCUT2D eigenvalue weighted by atomic mass is 10.4. The van der Waals surface area contributed by atoms with Crippen LogP contribution in [0.5, 0.6) is 0 Å². The molecule has 0 unspecified atom stereocenters. The van der Waals surface area contributed by atoms with Crippen LogP contribution in [0.15, 0.2) is 0 Å². The molecule has 0 rings (SSSR count). The average molecular weight is 190 g/mol. The van der Waals surface area contributed by atoms with E-state index in [9.17, 15) is 9.59 Å². The van der Waals surface area contributed by atoms with Crippen LogP contribution in [0.4, 0.5) is 0 Å². The van der Waals surface area contributed by atoms with Crippen LogP contribution in [0.2, 0.25) is 0 Å². The zero-order valence-corrected chi connectivity index (χ0v) is 8.23. The predicted octanol–water partition coefficient (Wildman–Crippen LogP) is -0.584. The first-order valence-corrected chi connectivity index (χ1v) is 3.64. The van der Waals surface area contributed by atoms with Gasteiger partial charge in [0, 0.05) is 14.1 Å². The van der Waals surface area contributed by atoms with Crippen molar-refractivity contribution in [2.24, 2.45) is 0 Å². The number of carbonyl (C=O) groups excluding carboxylic acids is 2. The molecule has 0 aromatic rings. The summed E-state index contributed by atoms with van der Waals surface area (Å²) < 4.78 is 0. The summed E-state index contributed by atoms with van der Waals surface area (Å²) in [6, 6.07) is 0. The van der Waals surface area contributed by atoms with Crippen molar-refractivity contribution >= 4 is 11.8 Å². The fourth-order valence-corrected chi connectivity index (χ4v) is 0.556. The van der Waals surface area contributed by atoms with Crippen LogP contribution < -0.4 is 0 Å². The molecule has 2 amide bonds. The van der Waals surface area contributed by atoms with E-state index in [-0.39, 0.29) is 6.42 Å². The van der Waals surface area contributed by atoms with Gasteiger partial charge in [0.15, 0.2) is 0 Å². The van der Waals surface area contributed by atoms with Gasteiger partial charge in [0.25, 0.3) is 11.8 Å². The highest BCUT2D eigenvalue weighted by molar-refractivity contribution is 5.95. The van der Waals surface area contributed by atoms with Gasteiger partial charge in [0.1, 0.15) is 6.42 Å². The van der Waals surface area contributed by atoms with Crippen molar-refractivity contribution in [3.8, 4) is 0 Å². The molecule has 0 fully saturated rings. The van der Waals surface area contributed by atoms with Gasteiger partial charge in [-0.25, -0.2) is 10.1 Å². The molecule has 0 aromatic heterocycles. The minimum absolute atomic E-state index is 0.269. The van der Waals surface area contributed by atoms with Gasteiger partial charge < -0.3 is 0 Å². The number of hydrogen-bond acceptors (Lipinski definition) is 4. The van der Waals surface area contributed by atoms with E-state index < -0.39 is 11.8 Å². The van der Waals surface area contributed by atoms with Gasteiger partial charge in [-0.1, -0.05) is 0 Å². The molecule has 0 atom stereocenters. The van der Waals surface area contributed by atoms with Crippen molar-refractivity contribution in [3.05, 3.63) is 0 Å². The van der Waals surface area contributed by atoms with Crippen molar-refractivity contribution in [2.75, 3.05) is 28.3 Å². The van der Waals surface area contributed by atoms with E-state index in [1.165, 1.54) is 28.3 Å². The zero-order valence-electron chi connectivity index (χ0n) is 8.23. The van der Waals surface area contributed by atoms with E-state index in [0.717, 1.165) is 10.1 Å². The molecule has 0 saturated carbocycles. The molecule has 0 aliphatic carbocycles. The molecule has 0 aromatic carbocycles. The van der Waals surface area contributed by atoms with Gasteiger partial charge in [0.2, 0.25) is 0 Å². The predicted molar refractivity (Wildman–Crippen MR) is 44.2 cm³/mol. The molecule has 0 saturated heterocycles. The lowest BCUT2D eigenvalue weighted by Crippen LogP contribution is -2.33. The molecule has 0 N–H and O–H groups in total. The Morgan fingerprint density at radius 2 is 1.31 bits per heavy atom. The number of carbonyl (C=O) groups is 2. The van der Waals surface area contributed by atoms with Crippen LogP contribution in [0, 0.1) is 0 Å². The molecule has 6 nitrogen and oxygen atoms in total. The van der Waals surface area contributed by atoms with Crippen LogP contribution in [-0.2, 0) is 19.3 Å². The highest BCUT2D eigenvalue weighted by Gasteiger charge is 2.16. The third-order valence-electron chi connectivity index (χ3n) is 1.55. The second-order valence-corrected chi connectivity index (χ2v) is 2.32. The van der Waals surface area contributed by atoms with E-state index in [4.69, 9.17) is 0 Å². The lowest BCUT2D eigenvalue weighted by Gasteiger charge is -2.16. The number of amides is 2. The first-order chi connectivity index (χ1) is 6.02. The van der Waals surface area contributed by atoms with E-state index in [0.29, 0.717) is 0 Å².